The first-order valence-corrected chi connectivity index (χ1v) is 11.5. The zero-order valence-electron chi connectivity index (χ0n) is 18.1. The minimum absolute atomic E-state index is 0.0605. The van der Waals surface area contributed by atoms with Gasteiger partial charge in [-0.25, -0.2) is 9.78 Å². The van der Waals surface area contributed by atoms with Crippen molar-refractivity contribution >= 4 is 39.9 Å². The van der Waals surface area contributed by atoms with Crippen LogP contribution in [0.2, 0.25) is 5.02 Å². The highest BCUT2D eigenvalue weighted by Gasteiger charge is 2.22. The number of thiophene rings is 1. The fraction of sp³-hybridized carbons (Fsp3) is 0.125. The van der Waals surface area contributed by atoms with Crippen molar-refractivity contribution < 1.29 is 19.7 Å². The Balaban J connectivity index is 1.50. The highest BCUT2D eigenvalue weighted by Crippen LogP contribution is 2.38. The maximum Gasteiger partial charge on any atom is 0.349 e. The number of fused-ring (bicyclic) bond motifs is 1. The lowest BCUT2D eigenvalue weighted by Crippen LogP contribution is -2.06. The SMILES string of the molecule is C[C@@H](Oc1cc(-n2cnc3cc(-c4cnn(C)c4)ccc32)sc1C(=O)O)c1cccc(O)c1Cl. The smallest absolute Gasteiger partial charge is 0.349 e. The van der Waals surface area contributed by atoms with E-state index < -0.39 is 12.1 Å². The normalized spacial score (nSPS) is 12.2. The largest absolute Gasteiger partial charge is 0.506 e. The van der Waals surface area contributed by atoms with Gasteiger partial charge in [-0.2, -0.15) is 5.10 Å². The van der Waals surface area contributed by atoms with E-state index >= 15 is 0 Å². The number of carboxylic acid groups (broad SMARTS) is 1. The molecule has 172 valence electrons. The summed E-state index contributed by atoms with van der Waals surface area (Å²) in [4.78, 5) is 16.5. The zero-order chi connectivity index (χ0) is 24.0. The Bertz CT molecular complexity index is 1540. The predicted octanol–water partition coefficient (Wildman–Crippen LogP) is 5.68. The van der Waals surface area contributed by atoms with Crippen molar-refractivity contribution in [2.24, 2.45) is 7.05 Å². The third-order valence-corrected chi connectivity index (χ3v) is 6.97. The van der Waals surface area contributed by atoms with Gasteiger partial charge in [0.15, 0.2) is 4.88 Å². The first kappa shape index (κ1) is 22.0. The van der Waals surface area contributed by atoms with E-state index in [1.807, 2.05) is 36.0 Å². The molecule has 3 heterocycles. The minimum atomic E-state index is -1.09. The molecule has 3 aromatic heterocycles. The molecule has 0 fully saturated rings. The van der Waals surface area contributed by atoms with Gasteiger partial charge in [0.2, 0.25) is 0 Å². The third-order valence-electron chi connectivity index (χ3n) is 5.45. The van der Waals surface area contributed by atoms with Crippen LogP contribution >= 0.6 is 22.9 Å². The molecule has 0 spiro atoms. The van der Waals surface area contributed by atoms with E-state index in [1.165, 1.54) is 6.07 Å². The molecule has 2 aromatic carbocycles. The van der Waals surface area contributed by atoms with Gasteiger partial charge in [0.05, 0.1) is 22.3 Å². The third kappa shape index (κ3) is 3.89. The summed E-state index contributed by atoms with van der Waals surface area (Å²) < 4.78 is 9.56. The number of hydrogen-bond donors (Lipinski definition) is 2. The molecule has 34 heavy (non-hydrogen) atoms. The topological polar surface area (TPSA) is 102 Å². The molecule has 1 atom stereocenters. The van der Waals surface area contributed by atoms with Gasteiger partial charge in [-0.3, -0.25) is 9.25 Å². The maximum atomic E-state index is 11.9. The number of benzene rings is 2. The van der Waals surface area contributed by atoms with Crippen molar-refractivity contribution in [3.05, 3.63) is 76.6 Å². The molecular formula is C24H19ClN4O4S. The van der Waals surface area contributed by atoms with E-state index in [9.17, 15) is 15.0 Å². The highest BCUT2D eigenvalue weighted by molar-refractivity contribution is 7.16. The minimum Gasteiger partial charge on any atom is -0.506 e. The number of aromatic carboxylic acids is 1. The lowest BCUT2D eigenvalue weighted by molar-refractivity contribution is 0.0695. The second-order valence-electron chi connectivity index (χ2n) is 7.74. The molecule has 0 saturated heterocycles. The molecule has 0 radical (unpaired) electrons. The van der Waals surface area contributed by atoms with Crippen LogP contribution in [0.25, 0.3) is 27.2 Å². The lowest BCUT2D eigenvalue weighted by Gasteiger charge is -2.16. The molecule has 0 bridgehead atoms. The monoisotopic (exact) mass is 494 g/mol. The van der Waals surface area contributed by atoms with Gasteiger partial charge in [-0.1, -0.05) is 29.8 Å². The van der Waals surface area contributed by atoms with E-state index in [-0.39, 0.29) is 21.4 Å². The van der Waals surface area contributed by atoms with Crippen LogP contribution in [0.5, 0.6) is 11.5 Å². The van der Waals surface area contributed by atoms with Gasteiger partial charge < -0.3 is 14.9 Å². The summed E-state index contributed by atoms with van der Waals surface area (Å²) in [6.45, 7) is 1.75. The lowest BCUT2D eigenvalue weighted by atomic mass is 10.1. The molecule has 2 N–H and O–H groups in total. The molecule has 0 unspecified atom stereocenters. The van der Waals surface area contributed by atoms with Gasteiger partial charge in [0.1, 0.15) is 28.9 Å². The number of carbonyl (C=O) groups is 1. The van der Waals surface area contributed by atoms with E-state index in [1.54, 1.807) is 42.3 Å². The maximum absolute atomic E-state index is 11.9. The predicted molar refractivity (Wildman–Crippen MR) is 130 cm³/mol. The number of ether oxygens (including phenoxy) is 1. The van der Waals surface area contributed by atoms with Crippen molar-refractivity contribution in [1.82, 2.24) is 19.3 Å². The van der Waals surface area contributed by atoms with E-state index in [4.69, 9.17) is 16.3 Å². The Morgan fingerprint density at radius 2 is 2.03 bits per heavy atom. The van der Waals surface area contributed by atoms with Crippen LogP contribution in [-0.4, -0.2) is 35.5 Å². The Morgan fingerprint density at radius 3 is 2.76 bits per heavy atom. The quantitative estimate of drug-likeness (QED) is 0.314. The summed E-state index contributed by atoms with van der Waals surface area (Å²) in [6, 6.07) is 12.4. The Morgan fingerprint density at radius 1 is 1.21 bits per heavy atom. The fourth-order valence-corrected chi connectivity index (χ4v) is 4.95. The number of aromatic nitrogens is 4. The first-order valence-electron chi connectivity index (χ1n) is 10.3. The van der Waals surface area contributed by atoms with Crippen LogP contribution in [0.15, 0.2) is 61.2 Å². The highest BCUT2D eigenvalue weighted by atomic mass is 35.5. The molecule has 10 heteroatoms. The molecule has 8 nitrogen and oxygen atoms in total. The van der Waals surface area contributed by atoms with Crippen molar-refractivity contribution in [3.8, 4) is 27.6 Å². The molecule has 0 aliphatic rings. The number of aryl methyl sites for hydroxylation is 1. The number of phenolic OH excluding ortho intramolecular Hbond substituents is 1. The van der Waals surface area contributed by atoms with Crippen molar-refractivity contribution in [3.63, 3.8) is 0 Å². The van der Waals surface area contributed by atoms with E-state index in [2.05, 4.69) is 10.1 Å². The van der Waals surface area contributed by atoms with E-state index in [0.29, 0.717) is 10.6 Å². The molecule has 5 rings (SSSR count). The summed E-state index contributed by atoms with van der Waals surface area (Å²) >= 11 is 7.30. The summed E-state index contributed by atoms with van der Waals surface area (Å²) in [5.41, 5.74) is 4.14. The Hall–Kier alpha value is -3.82. The molecule has 5 aromatic rings. The number of phenols is 1. The summed E-state index contributed by atoms with van der Waals surface area (Å²) in [6.07, 6.45) is 4.80. The van der Waals surface area contributed by atoms with Crippen LogP contribution in [-0.2, 0) is 7.05 Å². The second kappa shape index (κ2) is 8.51. The average molecular weight is 495 g/mol. The van der Waals surface area contributed by atoms with Crippen LogP contribution < -0.4 is 4.74 Å². The van der Waals surface area contributed by atoms with E-state index in [0.717, 1.165) is 33.5 Å². The second-order valence-corrected chi connectivity index (χ2v) is 9.15. The summed E-state index contributed by atoms with van der Waals surface area (Å²) in [5.74, 6) is -0.938. The van der Waals surface area contributed by atoms with Crippen LogP contribution in [0, 0.1) is 0 Å². The summed E-state index contributed by atoms with van der Waals surface area (Å²) in [5, 5.41) is 24.7. The van der Waals surface area contributed by atoms with Crippen LogP contribution in [0.1, 0.15) is 28.3 Å². The Kier molecular flexibility index (Phi) is 5.51. The van der Waals surface area contributed by atoms with Gasteiger partial charge in [-0.05, 0) is 30.7 Å². The van der Waals surface area contributed by atoms with Gasteiger partial charge in [0.25, 0.3) is 0 Å². The van der Waals surface area contributed by atoms with Crippen molar-refractivity contribution in [2.75, 3.05) is 0 Å². The van der Waals surface area contributed by atoms with Crippen molar-refractivity contribution in [2.45, 2.75) is 13.0 Å². The van der Waals surface area contributed by atoms with Gasteiger partial charge in [-0.15, -0.1) is 11.3 Å². The number of hydrogen-bond acceptors (Lipinski definition) is 6. The Labute approximate surface area is 203 Å². The number of nitrogens with zero attached hydrogens (tertiary/aromatic N) is 4. The van der Waals surface area contributed by atoms with Crippen LogP contribution in [0.3, 0.4) is 0 Å². The fourth-order valence-electron chi connectivity index (χ4n) is 3.76. The standard InChI is InChI=1S/C24H19ClN4O4S/c1-13(16-4-3-5-19(30)22(16)25)33-20-9-21(34-23(20)24(31)32)29-12-26-17-8-14(6-7-18(17)29)15-10-27-28(2)11-15/h3-13,30H,1-2H3,(H,31,32)/t13-/m1/s1. The van der Waals surface area contributed by atoms with Crippen molar-refractivity contribution in [1.29, 1.82) is 0 Å². The number of aromatic hydroxyl groups is 1. The molecular weight excluding hydrogens is 476 g/mol. The van der Waals surface area contributed by atoms with Gasteiger partial charge in [0, 0.05) is 30.4 Å². The number of imidazole rings is 1. The van der Waals surface area contributed by atoms with Crippen LogP contribution in [0.4, 0.5) is 0 Å². The molecule has 0 amide bonds. The molecule has 0 saturated carbocycles. The molecule has 0 aliphatic heterocycles. The molecule has 0 aliphatic carbocycles. The average Bonchev–Trinajstić information content (AvgIpc) is 3.53. The number of rotatable bonds is 6. The first-order chi connectivity index (χ1) is 16.3. The zero-order valence-corrected chi connectivity index (χ0v) is 19.7. The number of halogens is 1. The number of carboxylic acids is 1. The van der Waals surface area contributed by atoms with Gasteiger partial charge >= 0.3 is 5.97 Å². The summed E-state index contributed by atoms with van der Waals surface area (Å²) in [7, 11) is 1.86.